The number of nitrogens with one attached hydrogen (secondary N) is 1. The molecule has 0 unspecified atom stereocenters. The Kier molecular flexibility index (Phi) is 5.96. The highest BCUT2D eigenvalue weighted by Crippen LogP contribution is 2.43. The third-order valence-corrected chi connectivity index (χ3v) is 4.61. The summed E-state index contributed by atoms with van der Waals surface area (Å²) in [6.07, 6.45) is 4.38. The fraction of sp³-hybridized carbons (Fsp3) is 0.333. The van der Waals surface area contributed by atoms with Crippen molar-refractivity contribution in [2.45, 2.75) is 25.7 Å². The van der Waals surface area contributed by atoms with Crippen molar-refractivity contribution >= 4 is 22.8 Å². The lowest BCUT2D eigenvalue weighted by atomic mass is 9.87. The molecule has 6 heteroatoms. The summed E-state index contributed by atoms with van der Waals surface area (Å²) in [4.78, 5) is 23.3. The minimum absolute atomic E-state index is 0.0570. The van der Waals surface area contributed by atoms with Gasteiger partial charge in [0.05, 0.1) is 13.7 Å². The average molecular weight is 369 g/mol. The van der Waals surface area contributed by atoms with Crippen LogP contribution in [-0.4, -0.2) is 32.3 Å². The minimum Gasteiger partial charge on any atom is -0.496 e. The number of benzene rings is 2. The van der Waals surface area contributed by atoms with Crippen LogP contribution < -0.4 is 14.8 Å². The van der Waals surface area contributed by atoms with Crippen LogP contribution in [-0.2, 0) is 22.4 Å². The molecule has 0 saturated heterocycles. The Bertz CT molecular complexity index is 874. The summed E-state index contributed by atoms with van der Waals surface area (Å²) in [5.41, 5.74) is 2.15. The molecule has 0 bridgehead atoms. The molecule has 2 aromatic rings. The maximum absolute atomic E-state index is 12.3. The highest BCUT2D eigenvalue weighted by atomic mass is 16.6. The number of esters is 1. The van der Waals surface area contributed by atoms with E-state index in [1.54, 1.807) is 7.11 Å². The van der Waals surface area contributed by atoms with E-state index in [0.717, 1.165) is 59.4 Å². The highest BCUT2D eigenvalue weighted by molar-refractivity contribution is 5.97. The van der Waals surface area contributed by atoms with Crippen molar-refractivity contribution < 1.29 is 23.8 Å². The molecule has 0 aromatic heterocycles. The summed E-state index contributed by atoms with van der Waals surface area (Å²) in [6, 6.07) is 7.76. The zero-order valence-electron chi connectivity index (χ0n) is 15.4. The second-order valence-electron chi connectivity index (χ2n) is 6.26. The Morgan fingerprint density at radius 3 is 2.37 bits per heavy atom. The van der Waals surface area contributed by atoms with Crippen molar-refractivity contribution in [1.82, 2.24) is 5.32 Å². The lowest BCUT2D eigenvalue weighted by molar-refractivity contribution is -0.137. The molecule has 0 radical (unpaired) electrons. The first kappa shape index (κ1) is 18.8. The van der Waals surface area contributed by atoms with Crippen molar-refractivity contribution in [3.05, 3.63) is 48.0 Å². The van der Waals surface area contributed by atoms with Gasteiger partial charge in [-0.15, -0.1) is 0 Å². The van der Waals surface area contributed by atoms with Crippen molar-refractivity contribution in [2.75, 3.05) is 20.3 Å². The number of rotatable bonds is 6. The SMILES string of the molecule is C=CC(=O)OCCNC(=O)Oc1c2c(c(OC)c3ccccc13)CCCC2. The standard InChI is InChI=1S/C21H23NO5/c1-3-18(23)26-13-12-22-21(24)27-20-16-10-6-4-8-14(16)19(25-2)15-9-5-7-11-17(15)20/h3-4,6,8,10H,1,5,7,9,11-13H2,2H3,(H,22,24). The molecule has 0 fully saturated rings. The minimum atomic E-state index is -0.576. The van der Waals surface area contributed by atoms with E-state index in [0.29, 0.717) is 5.75 Å². The Labute approximate surface area is 158 Å². The number of amides is 1. The number of hydrogen-bond donors (Lipinski definition) is 1. The van der Waals surface area contributed by atoms with Crippen LogP contribution in [0.3, 0.4) is 0 Å². The van der Waals surface area contributed by atoms with Crippen LogP contribution in [0.2, 0.25) is 0 Å². The van der Waals surface area contributed by atoms with Gasteiger partial charge in [-0.05, 0) is 25.7 Å². The summed E-state index contributed by atoms with van der Waals surface area (Å²) in [5, 5.41) is 4.39. The molecule has 27 heavy (non-hydrogen) atoms. The first-order chi connectivity index (χ1) is 13.2. The smallest absolute Gasteiger partial charge is 0.412 e. The van der Waals surface area contributed by atoms with Crippen LogP contribution in [0.15, 0.2) is 36.9 Å². The number of carbonyl (C=O) groups excluding carboxylic acids is 2. The second-order valence-corrected chi connectivity index (χ2v) is 6.26. The van der Waals surface area contributed by atoms with Gasteiger partial charge in [-0.1, -0.05) is 30.8 Å². The van der Waals surface area contributed by atoms with Crippen molar-refractivity contribution in [2.24, 2.45) is 0 Å². The Balaban J connectivity index is 1.84. The van der Waals surface area contributed by atoms with Gasteiger partial charge in [-0.3, -0.25) is 0 Å². The van der Waals surface area contributed by atoms with E-state index in [1.807, 2.05) is 24.3 Å². The van der Waals surface area contributed by atoms with Gasteiger partial charge in [0, 0.05) is 28.0 Å². The fourth-order valence-electron chi connectivity index (χ4n) is 3.45. The summed E-state index contributed by atoms with van der Waals surface area (Å²) < 4.78 is 16.2. The third-order valence-electron chi connectivity index (χ3n) is 4.61. The topological polar surface area (TPSA) is 73.9 Å². The quantitative estimate of drug-likeness (QED) is 0.479. The van der Waals surface area contributed by atoms with Crippen LogP contribution in [0.1, 0.15) is 24.0 Å². The highest BCUT2D eigenvalue weighted by Gasteiger charge is 2.24. The number of fused-ring (bicyclic) bond motifs is 2. The summed E-state index contributed by atoms with van der Waals surface area (Å²) >= 11 is 0. The molecule has 0 spiro atoms. The van der Waals surface area contributed by atoms with Crippen LogP contribution in [0, 0.1) is 0 Å². The lowest BCUT2D eigenvalue weighted by Gasteiger charge is -2.24. The van der Waals surface area contributed by atoms with Gasteiger partial charge in [-0.2, -0.15) is 0 Å². The molecule has 0 saturated carbocycles. The number of ether oxygens (including phenoxy) is 3. The van der Waals surface area contributed by atoms with E-state index >= 15 is 0 Å². The summed E-state index contributed by atoms with van der Waals surface area (Å²) in [7, 11) is 1.68. The first-order valence-electron chi connectivity index (χ1n) is 9.01. The van der Waals surface area contributed by atoms with E-state index in [1.165, 1.54) is 0 Å². The molecule has 0 aliphatic heterocycles. The zero-order valence-corrected chi connectivity index (χ0v) is 15.4. The summed E-state index contributed by atoms with van der Waals surface area (Å²) in [5.74, 6) is 0.923. The molecule has 1 N–H and O–H groups in total. The molecule has 0 atom stereocenters. The molecule has 2 aromatic carbocycles. The van der Waals surface area contributed by atoms with Gasteiger partial charge in [0.2, 0.25) is 0 Å². The maximum Gasteiger partial charge on any atom is 0.412 e. The number of methoxy groups -OCH3 is 1. The van der Waals surface area contributed by atoms with E-state index in [2.05, 4.69) is 11.9 Å². The van der Waals surface area contributed by atoms with Crippen LogP contribution in [0.5, 0.6) is 11.5 Å². The Morgan fingerprint density at radius 1 is 1.11 bits per heavy atom. The fourth-order valence-corrected chi connectivity index (χ4v) is 3.45. The Morgan fingerprint density at radius 2 is 1.74 bits per heavy atom. The first-order valence-corrected chi connectivity index (χ1v) is 9.01. The number of hydrogen-bond acceptors (Lipinski definition) is 5. The Hall–Kier alpha value is -3.02. The van der Waals surface area contributed by atoms with Crippen LogP contribution >= 0.6 is 0 Å². The lowest BCUT2D eigenvalue weighted by Crippen LogP contribution is -2.31. The van der Waals surface area contributed by atoms with Gasteiger partial charge in [0.1, 0.15) is 18.1 Å². The van der Waals surface area contributed by atoms with Gasteiger partial charge in [-0.25, -0.2) is 9.59 Å². The molecular formula is C21H23NO5. The van der Waals surface area contributed by atoms with E-state index in [-0.39, 0.29) is 13.2 Å². The predicted octanol–water partition coefficient (Wildman–Crippen LogP) is 3.54. The molecule has 1 aliphatic rings. The van der Waals surface area contributed by atoms with Crippen molar-refractivity contribution in [3.8, 4) is 11.5 Å². The molecule has 6 nitrogen and oxygen atoms in total. The molecule has 3 rings (SSSR count). The van der Waals surface area contributed by atoms with E-state index in [9.17, 15) is 9.59 Å². The molecule has 142 valence electrons. The average Bonchev–Trinajstić information content (AvgIpc) is 2.71. The maximum atomic E-state index is 12.3. The van der Waals surface area contributed by atoms with E-state index in [4.69, 9.17) is 14.2 Å². The zero-order chi connectivity index (χ0) is 19.2. The van der Waals surface area contributed by atoms with Crippen molar-refractivity contribution in [3.63, 3.8) is 0 Å². The van der Waals surface area contributed by atoms with Crippen LogP contribution in [0.25, 0.3) is 10.8 Å². The van der Waals surface area contributed by atoms with Gasteiger partial charge in [0.15, 0.2) is 0 Å². The molecule has 1 aliphatic carbocycles. The summed E-state index contributed by atoms with van der Waals surface area (Å²) in [6.45, 7) is 3.54. The van der Waals surface area contributed by atoms with Crippen LogP contribution in [0.4, 0.5) is 4.79 Å². The van der Waals surface area contributed by atoms with Gasteiger partial charge in [0.25, 0.3) is 0 Å². The second kappa shape index (κ2) is 8.58. The van der Waals surface area contributed by atoms with Gasteiger partial charge >= 0.3 is 12.1 Å². The van der Waals surface area contributed by atoms with Gasteiger partial charge < -0.3 is 19.5 Å². The van der Waals surface area contributed by atoms with E-state index < -0.39 is 12.1 Å². The molecule has 1 amide bonds. The van der Waals surface area contributed by atoms with Crippen molar-refractivity contribution in [1.29, 1.82) is 0 Å². The number of carbonyl (C=O) groups is 2. The molecular weight excluding hydrogens is 346 g/mol. The predicted molar refractivity (Wildman–Crippen MR) is 102 cm³/mol. The monoisotopic (exact) mass is 369 g/mol. The molecule has 0 heterocycles. The normalized spacial score (nSPS) is 12.8. The third kappa shape index (κ3) is 4.05. The largest absolute Gasteiger partial charge is 0.496 e.